The first kappa shape index (κ1) is 19.8. The Morgan fingerprint density at radius 3 is 2.48 bits per heavy atom. The fraction of sp³-hybridized carbons (Fsp3) is 0.667. The highest BCUT2D eigenvalue weighted by Crippen LogP contribution is 2.39. The van der Waals surface area contributed by atoms with Crippen LogP contribution in [-0.4, -0.2) is 40.4 Å². The van der Waals surface area contributed by atoms with Crippen LogP contribution in [0.15, 0.2) is 11.3 Å². The third-order valence-corrected chi connectivity index (χ3v) is 4.91. The number of carbonyl (C=O) groups excluding carboxylic acids is 1. The summed E-state index contributed by atoms with van der Waals surface area (Å²) < 4.78 is 35.0. The van der Waals surface area contributed by atoms with Gasteiger partial charge in [0.25, 0.3) is 0 Å². The summed E-state index contributed by atoms with van der Waals surface area (Å²) >= 11 is 1.01. The Morgan fingerprint density at radius 2 is 1.92 bits per heavy atom. The van der Waals surface area contributed by atoms with Gasteiger partial charge < -0.3 is 14.0 Å². The SMILES string of the molecule is CCOC(=O)Nc1nc(CC(C)=C(F)B2OC(C)(C)C(C)(C)O2)ns1. The fourth-order valence-electron chi connectivity index (χ4n) is 2.10. The number of hydrogen-bond donors (Lipinski definition) is 1. The van der Waals surface area contributed by atoms with Crippen molar-refractivity contribution >= 4 is 29.9 Å². The number of ether oxygens (including phenoxy) is 1. The van der Waals surface area contributed by atoms with Crippen molar-refractivity contribution in [2.24, 2.45) is 0 Å². The highest BCUT2D eigenvalue weighted by atomic mass is 32.1. The number of carbonyl (C=O) groups is 1. The number of anilines is 1. The Kier molecular flexibility index (Phi) is 5.85. The quantitative estimate of drug-likeness (QED) is 0.798. The summed E-state index contributed by atoms with van der Waals surface area (Å²) in [5.41, 5.74) is -1.28. The first-order valence-corrected chi connectivity index (χ1v) is 8.80. The van der Waals surface area contributed by atoms with Gasteiger partial charge in [-0.25, -0.2) is 14.2 Å². The highest BCUT2D eigenvalue weighted by Gasteiger charge is 2.53. The minimum Gasteiger partial charge on any atom is -0.450 e. The van der Waals surface area contributed by atoms with Gasteiger partial charge in [-0.1, -0.05) is 0 Å². The maximum atomic E-state index is 14.7. The monoisotopic (exact) mass is 371 g/mol. The number of hydrogen-bond acceptors (Lipinski definition) is 7. The lowest BCUT2D eigenvalue weighted by atomic mass is 9.84. The number of nitrogens with zero attached hydrogens (tertiary/aromatic N) is 2. The molecule has 0 bridgehead atoms. The zero-order chi connectivity index (χ0) is 18.8. The second-order valence-electron chi connectivity index (χ2n) is 6.75. The number of halogens is 1. The third-order valence-electron chi connectivity index (χ3n) is 4.24. The number of aromatic nitrogens is 2. The Labute approximate surface area is 151 Å². The molecule has 0 spiro atoms. The van der Waals surface area contributed by atoms with E-state index in [2.05, 4.69) is 14.7 Å². The predicted octanol–water partition coefficient (Wildman–Crippen LogP) is 3.52. The topological polar surface area (TPSA) is 82.6 Å². The van der Waals surface area contributed by atoms with Crippen LogP contribution in [0.2, 0.25) is 0 Å². The van der Waals surface area contributed by atoms with E-state index in [4.69, 9.17) is 14.0 Å². The van der Waals surface area contributed by atoms with Crippen LogP contribution in [0.1, 0.15) is 47.4 Å². The molecule has 25 heavy (non-hydrogen) atoms. The molecule has 1 aliphatic rings. The molecule has 1 aromatic rings. The van der Waals surface area contributed by atoms with Gasteiger partial charge in [0.05, 0.1) is 17.8 Å². The zero-order valence-electron chi connectivity index (χ0n) is 15.3. The first-order chi connectivity index (χ1) is 11.6. The van der Waals surface area contributed by atoms with Crippen molar-refractivity contribution in [1.29, 1.82) is 0 Å². The molecule has 2 rings (SSSR count). The maximum absolute atomic E-state index is 14.7. The lowest BCUT2D eigenvalue weighted by molar-refractivity contribution is 0.00578. The zero-order valence-corrected chi connectivity index (χ0v) is 16.1. The third kappa shape index (κ3) is 4.56. The van der Waals surface area contributed by atoms with Crippen molar-refractivity contribution in [2.45, 2.75) is 59.2 Å². The molecule has 1 N–H and O–H groups in total. The largest absolute Gasteiger partial charge is 0.525 e. The predicted molar refractivity (Wildman–Crippen MR) is 94.1 cm³/mol. The lowest BCUT2D eigenvalue weighted by Gasteiger charge is -2.32. The van der Waals surface area contributed by atoms with Gasteiger partial charge in [0.15, 0.2) is 0 Å². The molecule has 0 radical (unpaired) electrons. The summed E-state index contributed by atoms with van der Waals surface area (Å²) in [7, 11) is -1.04. The van der Waals surface area contributed by atoms with E-state index in [-0.39, 0.29) is 13.0 Å². The van der Waals surface area contributed by atoms with E-state index in [0.717, 1.165) is 11.5 Å². The van der Waals surface area contributed by atoms with Crippen LogP contribution in [0.4, 0.5) is 14.3 Å². The molecule has 1 saturated heterocycles. The molecule has 0 atom stereocenters. The molecular weight excluding hydrogens is 348 g/mol. The van der Waals surface area contributed by atoms with Crippen LogP contribution in [0.25, 0.3) is 0 Å². The summed E-state index contributed by atoms with van der Waals surface area (Å²) in [6, 6.07) is 0. The normalized spacial score (nSPS) is 19.6. The van der Waals surface area contributed by atoms with Crippen LogP contribution >= 0.6 is 11.5 Å². The average molecular weight is 371 g/mol. The molecule has 1 amide bonds. The average Bonchev–Trinajstić information content (AvgIpc) is 3.00. The van der Waals surface area contributed by atoms with Crippen molar-refractivity contribution in [1.82, 2.24) is 9.36 Å². The molecule has 10 heteroatoms. The summed E-state index contributed by atoms with van der Waals surface area (Å²) in [6.45, 7) is 11.1. The van der Waals surface area contributed by atoms with Crippen molar-refractivity contribution in [3.63, 3.8) is 0 Å². The molecule has 0 unspecified atom stereocenters. The number of nitrogens with one attached hydrogen (secondary N) is 1. The molecule has 0 aliphatic carbocycles. The minimum absolute atomic E-state index is 0.191. The molecule has 0 saturated carbocycles. The molecule has 1 aliphatic heterocycles. The van der Waals surface area contributed by atoms with Gasteiger partial charge in [-0.2, -0.15) is 4.37 Å². The molecule has 0 aromatic carbocycles. The Balaban J connectivity index is 2.04. The van der Waals surface area contributed by atoms with E-state index in [9.17, 15) is 9.18 Å². The van der Waals surface area contributed by atoms with Gasteiger partial charge in [0.2, 0.25) is 5.13 Å². The van der Waals surface area contributed by atoms with Gasteiger partial charge >= 0.3 is 13.2 Å². The van der Waals surface area contributed by atoms with Crippen LogP contribution in [-0.2, 0) is 20.5 Å². The lowest BCUT2D eigenvalue weighted by Crippen LogP contribution is -2.41. The van der Waals surface area contributed by atoms with Crippen LogP contribution in [0, 0.1) is 0 Å². The standard InChI is InChI=1S/C15H23BFN3O4S/c1-7-22-13(21)19-12-18-10(20-25-12)8-9(2)11(17)16-23-14(3,4)15(5,6)24-16/h7-8H2,1-6H3,(H,18,19,20,21). The second-order valence-corrected chi connectivity index (χ2v) is 7.51. The van der Waals surface area contributed by atoms with Crippen LogP contribution in [0.3, 0.4) is 0 Å². The first-order valence-electron chi connectivity index (χ1n) is 8.03. The van der Waals surface area contributed by atoms with E-state index in [1.54, 1.807) is 13.8 Å². The minimum atomic E-state index is -1.04. The van der Waals surface area contributed by atoms with E-state index in [1.807, 2.05) is 27.7 Å². The fourth-order valence-corrected chi connectivity index (χ4v) is 2.67. The molecule has 2 heterocycles. The van der Waals surface area contributed by atoms with Gasteiger partial charge in [-0.15, -0.1) is 0 Å². The second kappa shape index (κ2) is 7.39. The Bertz CT molecular complexity index is 661. The summed E-state index contributed by atoms with van der Waals surface area (Å²) in [5.74, 6) is 0.404. The van der Waals surface area contributed by atoms with Crippen molar-refractivity contribution in [3.8, 4) is 0 Å². The number of amides is 1. The van der Waals surface area contributed by atoms with Gasteiger partial charge in [0.1, 0.15) is 11.6 Å². The van der Waals surface area contributed by atoms with E-state index >= 15 is 0 Å². The molecule has 1 aromatic heterocycles. The molecular formula is C15H23BFN3O4S. The van der Waals surface area contributed by atoms with E-state index in [1.165, 1.54) is 0 Å². The highest BCUT2D eigenvalue weighted by molar-refractivity contribution is 7.09. The van der Waals surface area contributed by atoms with Crippen LogP contribution < -0.4 is 5.32 Å². The summed E-state index contributed by atoms with van der Waals surface area (Å²) in [6.07, 6.45) is -0.405. The summed E-state index contributed by atoms with van der Waals surface area (Å²) in [4.78, 5) is 15.5. The smallest absolute Gasteiger partial charge is 0.450 e. The Hall–Kier alpha value is -1.52. The van der Waals surface area contributed by atoms with Crippen LogP contribution in [0.5, 0.6) is 0 Å². The van der Waals surface area contributed by atoms with Gasteiger partial charge in [-0.05, 0) is 47.1 Å². The molecule has 1 fully saturated rings. The summed E-state index contributed by atoms with van der Waals surface area (Å²) in [5, 5.41) is 2.77. The number of rotatable bonds is 5. The van der Waals surface area contributed by atoms with E-state index < -0.39 is 30.1 Å². The number of allylic oxidation sites excluding steroid dienone is 1. The van der Waals surface area contributed by atoms with Gasteiger partial charge in [0, 0.05) is 18.0 Å². The van der Waals surface area contributed by atoms with Gasteiger partial charge in [-0.3, -0.25) is 5.32 Å². The van der Waals surface area contributed by atoms with E-state index in [0.29, 0.717) is 16.5 Å². The van der Waals surface area contributed by atoms with Crippen molar-refractivity contribution < 1.29 is 23.2 Å². The Morgan fingerprint density at radius 1 is 1.32 bits per heavy atom. The molecule has 7 nitrogen and oxygen atoms in total. The van der Waals surface area contributed by atoms with Crippen molar-refractivity contribution in [2.75, 3.05) is 11.9 Å². The molecule has 138 valence electrons. The van der Waals surface area contributed by atoms with Crippen molar-refractivity contribution in [3.05, 3.63) is 17.1 Å². The maximum Gasteiger partial charge on any atom is 0.525 e.